The van der Waals surface area contributed by atoms with Gasteiger partial charge in [0.2, 0.25) is 0 Å². The summed E-state index contributed by atoms with van der Waals surface area (Å²) in [5, 5.41) is 7.43. The van der Waals surface area contributed by atoms with Gasteiger partial charge in [-0.2, -0.15) is 5.10 Å². The van der Waals surface area contributed by atoms with E-state index < -0.39 is 0 Å². The highest BCUT2D eigenvalue weighted by Gasteiger charge is 2.13. The van der Waals surface area contributed by atoms with E-state index in [2.05, 4.69) is 42.2 Å². The fourth-order valence-corrected chi connectivity index (χ4v) is 1.70. The van der Waals surface area contributed by atoms with Crippen LogP contribution in [0.4, 0.5) is 5.82 Å². The monoisotopic (exact) mass is 244 g/mol. The van der Waals surface area contributed by atoms with E-state index in [-0.39, 0.29) is 5.41 Å². The van der Waals surface area contributed by atoms with Crippen LogP contribution >= 0.6 is 0 Å². The molecule has 0 saturated carbocycles. The lowest BCUT2D eigenvalue weighted by atomic mass is 9.88. The number of nitrogens with zero attached hydrogens (tertiary/aromatic N) is 3. The average molecular weight is 244 g/mol. The van der Waals surface area contributed by atoms with E-state index in [0.29, 0.717) is 0 Å². The molecule has 0 aliphatic heterocycles. The second kappa shape index (κ2) is 4.80. The molecule has 0 fully saturated rings. The number of hydrogen-bond acceptors (Lipinski definition) is 3. The third kappa shape index (κ3) is 2.88. The quantitative estimate of drug-likeness (QED) is 0.902. The molecule has 0 aliphatic rings. The van der Waals surface area contributed by atoms with Crippen molar-refractivity contribution in [1.29, 1.82) is 0 Å². The van der Waals surface area contributed by atoms with Gasteiger partial charge in [-0.1, -0.05) is 26.8 Å². The Hall–Kier alpha value is -1.84. The molecule has 0 bridgehead atoms. The first-order valence-electron chi connectivity index (χ1n) is 6.14. The van der Waals surface area contributed by atoms with Crippen LogP contribution in [0.2, 0.25) is 0 Å². The van der Waals surface area contributed by atoms with Crippen molar-refractivity contribution in [1.82, 2.24) is 14.8 Å². The number of pyridine rings is 1. The maximum absolute atomic E-state index is 4.43. The number of rotatable bonds is 3. The molecule has 96 valence electrons. The number of hydrogen-bond donors (Lipinski definition) is 1. The molecule has 0 radical (unpaired) electrons. The Labute approximate surface area is 108 Å². The standard InChI is InChI=1S/C14H20N4/c1-14(2,3)11-5-6-13(15-9-11)16-10-12-7-8-17-18(12)4/h5-9H,10H2,1-4H3,(H,15,16). The summed E-state index contributed by atoms with van der Waals surface area (Å²) >= 11 is 0. The van der Waals surface area contributed by atoms with Gasteiger partial charge < -0.3 is 5.32 Å². The first-order valence-corrected chi connectivity index (χ1v) is 6.14. The normalized spacial score (nSPS) is 11.6. The van der Waals surface area contributed by atoms with Crippen LogP contribution in [-0.2, 0) is 19.0 Å². The third-order valence-corrected chi connectivity index (χ3v) is 3.00. The molecular weight excluding hydrogens is 224 g/mol. The summed E-state index contributed by atoms with van der Waals surface area (Å²) in [6, 6.07) is 6.14. The van der Waals surface area contributed by atoms with Gasteiger partial charge in [0.15, 0.2) is 0 Å². The molecular formula is C14H20N4. The van der Waals surface area contributed by atoms with Crippen molar-refractivity contribution in [2.45, 2.75) is 32.7 Å². The Kier molecular flexibility index (Phi) is 3.36. The highest BCUT2D eigenvalue weighted by Crippen LogP contribution is 2.21. The smallest absolute Gasteiger partial charge is 0.126 e. The molecule has 2 aromatic rings. The molecule has 0 saturated heterocycles. The Morgan fingerprint density at radius 1 is 1.22 bits per heavy atom. The second-order valence-electron chi connectivity index (χ2n) is 5.48. The molecule has 4 heteroatoms. The van der Waals surface area contributed by atoms with Gasteiger partial charge in [-0.05, 0) is 23.1 Å². The predicted molar refractivity (Wildman–Crippen MR) is 73.5 cm³/mol. The zero-order chi connectivity index (χ0) is 13.2. The van der Waals surface area contributed by atoms with Crippen molar-refractivity contribution in [3.8, 4) is 0 Å². The fraction of sp³-hybridized carbons (Fsp3) is 0.429. The van der Waals surface area contributed by atoms with E-state index >= 15 is 0 Å². The minimum Gasteiger partial charge on any atom is -0.364 e. The van der Waals surface area contributed by atoms with Gasteiger partial charge in [-0.25, -0.2) is 4.98 Å². The number of anilines is 1. The number of nitrogens with one attached hydrogen (secondary N) is 1. The lowest BCUT2D eigenvalue weighted by molar-refractivity contribution is 0.587. The Bertz CT molecular complexity index is 505. The molecule has 1 N–H and O–H groups in total. The zero-order valence-electron chi connectivity index (χ0n) is 11.4. The van der Waals surface area contributed by atoms with Crippen LogP contribution in [0.1, 0.15) is 32.0 Å². The van der Waals surface area contributed by atoms with Gasteiger partial charge in [-0.3, -0.25) is 4.68 Å². The highest BCUT2D eigenvalue weighted by atomic mass is 15.3. The van der Waals surface area contributed by atoms with Crippen LogP contribution in [0.5, 0.6) is 0 Å². The van der Waals surface area contributed by atoms with E-state index in [4.69, 9.17) is 0 Å². The average Bonchev–Trinajstić information content (AvgIpc) is 2.72. The van der Waals surface area contributed by atoms with Crippen LogP contribution in [0.25, 0.3) is 0 Å². The second-order valence-corrected chi connectivity index (χ2v) is 5.48. The van der Waals surface area contributed by atoms with Crippen molar-refractivity contribution in [3.63, 3.8) is 0 Å². The van der Waals surface area contributed by atoms with Crippen LogP contribution in [0, 0.1) is 0 Å². The van der Waals surface area contributed by atoms with Crippen molar-refractivity contribution >= 4 is 5.82 Å². The molecule has 0 aliphatic carbocycles. The van der Waals surface area contributed by atoms with E-state index in [0.717, 1.165) is 18.1 Å². The summed E-state index contributed by atoms with van der Waals surface area (Å²) in [4.78, 5) is 4.43. The van der Waals surface area contributed by atoms with Gasteiger partial charge in [0.25, 0.3) is 0 Å². The molecule has 0 atom stereocenters. The molecule has 0 unspecified atom stereocenters. The van der Waals surface area contributed by atoms with Crippen molar-refractivity contribution in [2.24, 2.45) is 7.05 Å². The topological polar surface area (TPSA) is 42.7 Å². The summed E-state index contributed by atoms with van der Waals surface area (Å²) < 4.78 is 1.86. The summed E-state index contributed by atoms with van der Waals surface area (Å²) in [6.45, 7) is 7.30. The summed E-state index contributed by atoms with van der Waals surface area (Å²) in [5.41, 5.74) is 2.53. The third-order valence-electron chi connectivity index (χ3n) is 3.00. The summed E-state index contributed by atoms with van der Waals surface area (Å²) in [5.74, 6) is 0.893. The van der Waals surface area contributed by atoms with Gasteiger partial charge in [0, 0.05) is 19.4 Å². The molecule has 2 rings (SSSR count). The van der Waals surface area contributed by atoms with Crippen LogP contribution in [0.15, 0.2) is 30.6 Å². The van der Waals surface area contributed by atoms with Gasteiger partial charge >= 0.3 is 0 Å². The molecule has 0 amide bonds. The van der Waals surface area contributed by atoms with Crippen LogP contribution in [-0.4, -0.2) is 14.8 Å². The SMILES string of the molecule is Cn1nccc1CNc1ccc(C(C)(C)C)cn1. The summed E-state index contributed by atoms with van der Waals surface area (Å²) in [6.07, 6.45) is 3.73. The molecule has 18 heavy (non-hydrogen) atoms. The molecule has 0 aromatic carbocycles. The highest BCUT2D eigenvalue weighted by molar-refractivity contribution is 5.37. The van der Waals surface area contributed by atoms with E-state index in [1.807, 2.05) is 30.1 Å². The van der Waals surface area contributed by atoms with Gasteiger partial charge in [0.1, 0.15) is 5.82 Å². The Morgan fingerprint density at radius 3 is 2.50 bits per heavy atom. The molecule has 0 spiro atoms. The van der Waals surface area contributed by atoms with E-state index in [9.17, 15) is 0 Å². The lowest BCUT2D eigenvalue weighted by Crippen LogP contribution is -2.12. The first-order chi connectivity index (χ1) is 8.47. The maximum atomic E-state index is 4.43. The van der Waals surface area contributed by atoms with Crippen molar-refractivity contribution in [3.05, 3.63) is 41.9 Å². The first kappa shape index (κ1) is 12.6. The van der Waals surface area contributed by atoms with Crippen molar-refractivity contribution < 1.29 is 0 Å². The minimum atomic E-state index is 0.146. The minimum absolute atomic E-state index is 0.146. The lowest BCUT2D eigenvalue weighted by Gasteiger charge is -2.18. The van der Waals surface area contributed by atoms with Gasteiger partial charge in [0.05, 0.1) is 12.2 Å². The number of aryl methyl sites for hydroxylation is 1. The molecule has 2 aromatic heterocycles. The van der Waals surface area contributed by atoms with Crippen molar-refractivity contribution in [2.75, 3.05) is 5.32 Å². The fourth-order valence-electron chi connectivity index (χ4n) is 1.70. The van der Waals surface area contributed by atoms with Crippen LogP contribution < -0.4 is 5.32 Å². The largest absolute Gasteiger partial charge is 0.364 e. The van der Waals surface area contributed by atoms with E-state index in [1.54, 1.807) is 6.20 Å². The molecule has 4 nitrogen and oxygen atoms in total. The van der Waals surface area contributed by atoms with Gasteiger partial charge in [-0.15, -0.1) is 0 Å². The number of aromatic nitrogens is 3. The Morgan fingerprint density at radius 2 is 2.00 bits per heavy atom. The predicted octanol–water partition coefficient (Wildman–Crippen LogP) is 2.72. The van der Waals surface area contributed by atoms with E-state index in [1.165, 1.54) is 5.56 Å². The molecule has 2 heterocycles. The maximum Gasteiger partial charge on any atom is 0.126 e. The summed E-state index contributed by atoms with van der Waals surface area (Å²) in [7, 11) is 1.94. The Balaban J connectivity index is 2.01. The zero-order valence-corrected chi connectivity index (χ0v) is 11.4. The van der Waals surface area contributed by atoms with Crippen LogP contribution in [0.3, 0.4) is 0 Å².